The summed E-state index contributed by atoms with van der Waals surface area (Å²) in [5.74, 6) is 1.02. The van der Waals surface area contributed by atoms with E-state index >= 15 is 0 Å². The van der Waals surface area contributed by atoms with Gasteiger partial charge in [-0.2, -0.15) is 0 Å². The van der Waals surface area contributed by atoms with E-state index in [0.29, 0.717) is 13.2 Å². The van der Waals surface area contributed by atoms with E-state index in [-0.39, 0.29) is 30.5 Å². The van der Waals surface area contributed by atoms with Crippen LogP contribution in [0.15, 0.2) is 18.2 Å². The number of benzene rings is 1. The highest BCUT2D eigenvalue weighted by atomic mass is 35.5. The number of ether oxygens (including phenoxy) is 2. The van der Waals surface area contributed by atoms with E-state index in [1.54, 1.807) is 0 Å². The van der Waals surface area contributed by atoms with Crippen LogP contribution in [-0.4, -0.2) is 44.4 Å². The van der Waals surface area contributed by atoms with Crippen LogP contribution in [0.5, 0.6) is 5.75 Å². The van der Waals surface area contributed by atoms with E-state index in [4.69, 9.17) is 9.47 Å². The predicted molar refractivity (Wildman–Crippen MR) is 86.8 cm³/mol. The first-order valence-electron chi connectivity index (χ1n) is 7.61. The van der Waals surface area contributed by atoms with E-state index in [2.05, 4.69) is 22.8 Å². The molecule has 2 atom stereocenters. The van der Waals surface area contributed by atoms with Crippen molar-refractivity contribution >= 4 is 18.3 Å². The van der Waals surface area contributed by atoms with E-state index in [1.165, 1.54) is 11.1 Å². The lowest BCUT2D eigenvalue weighted by Gasteiger charge is -2.29. The molecule has 22 heavy (non-hydrogen) atoms. The van der Waals surface area contributed by atoms with Gasteiger partial charge in [0.05, 0.1) is 19.3 Å². The Morgan fingerprint density at radius 1 is 1.41 bits per heavy atom. The maximum atomic E-state index is 12.1. The molecule has 6 heteroatoms. The third-order valence-electron chi connectivity index (χ3n) is 4.07. The van der Waals surface area contributed by atoms with Gasteiger partial charge in [0.25, 0.3) is 0 Å². The third-order valence-corrected chi connectivity index (χ3v) is 4.07. The summed E-state index contributed by atoms with van der Waals surface area (Å²) in [5.41, 5.74) is 2.51. The average molecular weight is 327 g/mol. The second-order valence-corrected chi connectivity index (χ2v) is 5.59. The number of carbonyl (C=O) groups is 1. The van der Waals surface area contributed by atoms with Crippen molar-refractivity contribution in [1.82, 2.24) is 10.6 Å². The number of fused-ring (bicyclic) bond motifs is 1. The van der Waals surface area contributed by atoms with Crippen molar-refractivity contribution in [1.29, 1.82) is 0 Å². The Bertz CT molecular complexity index is 524. The molecule has 2 aliphatic heterocycles. The Balaban J connectivity index is 0.00000176. The first kappa shape index (κ1) is 17.1. The zero-order chi connectivity index (χ0) is 14.7. The standard InChI is InChI=1S/C16H22N2O3.ClH/c1-11-15(17-7-9-20-11)16(19)18-6-4-12-2-3-14-13(10-12)5-8-21-14;/h2-3,10-11,15,17H,4-9H2,1H3,(H,18,19);1H/t11-,15+;/m1./s1. The van der Waals surface area contributed by atoms with Crippen molar-refractivity contribution < 1.29 is 14.3 Å². The largest absolute Gasteiger partial charge is 0.493 e. The van der Waals surface area contributed by atoms with Crippen molar-refractivity contribution in [3.63, 3.8) is 0 Å². The lowest BCUT2D eigenvalue weighted by Crippen LogP contribution is -2.55. The highest BCUT2D eigenvalue weighted by Gasteiger charge is 2.27. The van der Waals surface area contributed by atoms with Crippen LogP contribution in [0.3, 0.4) is 0 Å². The molecule has 0 spiro atoms. The van der Waals surface area contributed by atoms with Crippen LogP contribution in [0.4, 0.5) is 0 Å². The van der Waals surface area contributed by atoms with Gasteiger partial charge < -0.3 is 20.1 Å². The molecule has 0 saturated carbocycles. The Morgan fingerprint density at radius 3 is 3.09 bits per heavy atom. The minimum absolute atomic E-state index is 0. The molecule has 2 N–H and O–H groups in total. The van der Waals surface area contributed by atoms with Gasteiger partial charge in [-0.05, 0) is 30.5 Å². The summed E-state index contributed by atoms with van der Waals surface area (Å²) >= 11 is 0. The van der Waals surface area contributed by atoms with Crippen LogP contribution in [-0.2, 0) is 22.4 Å². The number of halogens is 1. The SMILES string of the molecule is C[C@H]1OCCN[C@@H]1C(=O)NCCc1ccc2c(c1)CCO2.Cl. The number of morpholine rings is 1. The van der Waals surface area contributed by atoms with E-state index in [9.17, 15) is 4.79 Å². The van der Waals surface area contributed by atoms with E-state index in [1.807, 2.05) is 13.0 Å². The second kappa shape index (κ2) is 7.81. The zero-order valence-corrected chi connectivity index (χ0v) is 13.6. The summed E-state index contributed by atoms with van der Waals surface area (Å²) < 4.78 is 11.0. The van der Waals surface area contributed by atoms with E-state index < -0.39 is 0 Å². The summed E-state index contributed by atoms with van der Waals surface area (Å²) in [7, 11) is 0. The highest BCUT2D eigenvalue weighted by molar-refractivity contribution is 5.85. The van der Waals surface area contributed by atoms with Crippen molar-refractivity contribution in [2.45, 2.75) is 31.9 Å². The molecule has 122 valence electrons. The van der Waals surface area contributed by atoms with Crippen LogP contribution in [0.2, 0.25) is 0 Å². The first-order valence-corrected chi connectivity index (χ1v) is 7.61. The third kappa shape index (κ3) is 3.91. The molecule has 1 aromatic carbocycles. The Hall–Kier alpha value is -1.30. The van der Waals surface area contributed by atoms with Crippen LogP contribution in [0.25, 0.3) is 0 Å². The summed E-state index contributed by atoms with van der Waals surface area (Å²) in [4.78, 5) is 12.1. The lowest BCUT2D eigenvalue weighted by molar-refractivity contribution is -0.128. The number of rotatable bonds is 4. The second-order valence-electron chi connectivity index (χ2n) is 5.59. The van der Waals surface area contributed by atoms with Gasteiger partial charge >= 0.3 is 0 Å². The van der Waals surface area contributed by atoms with Crippen LogP contribution < -0.4 is 15.4 Å². The first-order chi connectivity index (χ1) is 10.2. The monoisotopic (exact) mass is 326 g/mol. The molecule has 2 heterocycles. The molecule has 0 radical (unpaired) electrons. The number of nitrogens with one attached hydrogen (secondary N) is 2. The maximum absolute atomic E-state index is 12.1. The zero-order valence-electron chi connectivity index (χ0n) is 12.8. The molecule has 5 nitrogen and oxygen atoms in total. The molecular formula is C16H23ClN2O3. The number of hydrogen-bond acceptors (Lipinski definition) is 4. The van der Waals surface area contributed by atoms with Crippen molar-refractivity contribution in [3.05, 3.63) is 29.3 Å². The smallest absolute Gasteiger partial charge is 0.239 e. The fraction of sp³-hybridized carbons (Fsp3) is 0.562. The van der Waals surface area contributed by atoms with E-state index in [0.717, 1.165) is 31.7 Å². The fourth-order valence-corrected chi connectivity index (χ4v) is 2.86. The molecule has 3 rings (SSSR count). The summed E-state index contributed by atoms with van der Waals surface area (Å²) in [6, 6.07) is 6.03. The van der Waals surface area contributed by atoms with Gasteiger partial charge in [-0.1, -0.05) is 12.1 Å². The molecular weight excluding hydrogens is 304 g/mol. The van der Waals surface area contributed by atoms with Gasteiger partial charge in [-0.3, -0.25) is 4.79 Å². The molecule has 0 aromatic heterocycles. The van der Waals surface area contributed by atoms with Crippen molar-refractivity contribution in [2.75, 3.05) is 26.3 Å². The van der Waals surface area contributed by atoms with Gasteiger partial charge in [0.15, 0.2) is 0 Å². The summed E-state index contributed by atoms with van der Waals surface area (Å²) in [6.45, 7) is 4.75. The normalized spacial score (nSPS) is 23.1. The summed E-state index contributed by atoms with van der Waals surface area (Å²) in [6.07, 6.45) is 1.74. The molecule has 1 saturated heterocycles. The average Bonchev–Trinajstić information content (AvgIpc) is 2.95. The Kier molecular flexibility index (Phi) is 6.06. The predicted octanol–water partition coefficient (Wildman–Crippen LogP) is 1.08. The molecule has 0 aliphatic carbocycles. The minimum Gasteiger partial charge on any atom is -0.493 e. The van der Waals surface area contributed by atoms with Crippen LogP contribution in [0.1, 0.15) is 18.1 Å². The Labute approximate surface area is 137 Å². The minimum atomic E-state index is -0.243. The van der Waals surface area contributed by atoms with Crippen molar-refractivity contribution in [2.24, 2.45) is 0 Å². The fourth-order valence-electron chi connectivity index (χ4n) is 2.86. The van der Waals surface area contributed by atoms with Gasteiger partial charge in [0.1, 0.15) is 11.8 Å². The molecule has 2 aliphatic rings. The van der Waals surface area contributed by atoms with Crippen LogP contribution in [0, 0.1) is 0 Å². The van der Waals surface area contributed by atoms with Gasteiger partial charge in [-0.15, -0.1) is 12.4 Å². The molecule has 1 amide bonds. The Morgan fingerprint density at radius 2 is 2.27 bits per heavy atom. The van der Waals surface area contributed by atoms with Gasteiger partial charge in [-0.25, -0.2) is 0 Å². The van der Waals surface area contributed by atoms with Crippen molar-refractivity contribution in [3.8, 4) is 5.75 Å². The molecule has 1 fully saturated rings. The summed E-state index contributed by atoms with van der Waals surface area (Å²) in [5, 5.41) is 6.18. The topological polar surface area (TPSA) is 59.6 Å². The number of amides is 1. The molecule has 1 aromatic rings. The molecule has 0 unspecified atom stereocenters. The number of carbonyl (C=O) groups excluding carboxylic acids is 1. The quantitative estimate of drug-likeness (QED) is 0.869. The van der Waals surface area contributed by atoms with Crippen LogP contribution >= 0.6 is 12.4 Å². The molecule has 0 bridgehead atoms. The van der Waals surface area contributed by atoms with Gasteiger partial charge in [0.2, 0.25) is 5.91 Å². The lowest BCUT2D eigenvalue weighted by atomic mass is 10.1. The highest BCUT2D eigenvalue weighted by Crippen LogP contribution is 2.25. The maximum Gasteiger partial charge on any atom is 0.239 e. The van der Waals surface area contributed by atoms with Gasteiger partial charge in [0, 0.05) is 19.5 Å². The number of hydrogen-bond donors (Lipinski definition) is 2.